The van der Waals surface area contributed by atoms with Crippen LogP contribution in [0.5, 0.6) is 0 Å². The van der Waals surface area contributed by atoms with Gasteiger partial charge in [-0.05, 0) is 6.42 Å². The van der Waals surface area contributed by atoms with Crippen LogP contribution in [0, 0.1) is 0 Å². The highest BCUT2D eigenvalue weighted by Gasteiger charge is 2.03. The van der Waals surface area contributed by atoms with Crippen molar-refractivity contribution >= 4 is 12.2 Å². The van der Waals surface area contributed by atoms with E-state index in [1.807, 2.05) is 21.0 Å². The fraction of sp³-hybridized carbons (Fsp3) is 0.500. The van der Waals surface area contributed by atoms with Gasteiger partial charge in [0.2, 0.25) is 0 Å². The van der Waals surface area contributed by atoms with Crippen LogP contribution >= 0.6 is 0 Å². The molecule has 0 aliphatic rings. The Hall–Kier alpha value is -1.85. The van der Waals surface area contributed by atoms with Crippen molar-refractivity contribution < 1.29 is 0 Å². The van der Waals surface area contributed by atoms with Crippen molar-refractivity contribution in [3.8, 4) is 0 Å². The molecule has 0 saturated carbocycles. The first kappa shape index (κ1) is 12.2. The average Bonchev–Trinajstić information content (AvgIpc) is 2.19. The molecule has 88 valence electrons. The molecule has 0 amide bonds. The van der Waals surface area contributed by atoms with E-state index in [9.17, 15) is 9.59 Å². The van der Waals surface area contributed by atoms with Gasteiger partial charge in [0.05, 0.1) is 6.34 Å². The van der Waals surface area contributed by atoms with Crippen LogP contribution in [0.25, 0.3) is 0 Å². The molecule has 0 aromatic carbocycles. The van der Waals surface area contributed by atoms with Gasteiger partial charge in [-0.3, -0.25) is 14.3 Å². The number of nitrogens with zero attached hydrogens (tertiary/aromatic N) is 3. The van der Waals surface area contributed by atoms with Crippen molar-refractivity contribution in [2.45, 2.75) is 19.9 Å². The third kappa shape index (κ3) is 3.08. The lowest BCUT2D eigenvalue weighted by Crippen LogP contribution is -2.29. The Balaban J connectivity index is 3.24. The normalized spacial score (nSPS) is 10.9. The van der Waals surface area contributed by atoms with Gasteiger partial charge < -0.3 is 4.90 Å². The Labute approximate surface area is 93.2 Å². The molecule has 1 N–H and O–H groups in total. The Morgan fingerprint density at radius 3 is 2.75 bits per heavy atom. The lowest BCUT2D eigenvalue weighted by Gasteiger charge is -2.08. The van der Waals surface area contributed by atoms with Crippen molar-refractivity contribution in [3.05, 3.63) is 26.9 Å². The minimum Gasteiger partial charge on any atom is -0.369 e. The summed E-state index contributed by atoms with van der Waals surface area (Å²) in [4.78, 5) is 30.7. The third-order valence-electron chi connectivity index (χ3n) is 1.88. The predicted molar refractivity (Wildman–Crippen MR) is 63.5 cm³/mol. The maximum absolute atomic E-state index is 11.5. The highest BCUT2D eigenvalue weighted by Crippen LogP contribution is 2.05. The first-order valence-corrected chi connectivity index (χ1v) is 5.09. The van der Waals surface area contributed by atoms with Gasteiger partial charge in [-0.1, -0.05) is 6.92 Å². The predicted octanol–water partition coefficient (Wildman–Crippen LogP) is 0.168. The van der Waals surface area contributed by atoms with E-state index >= 15 is 0 Å². The minimum atomic E-state index is -0.428. The van der Waals surface area contributed by atoms with Crippen molar-refractivity contribution in [3.63, 3.8) is 0 Å². The standard InChI is InChI=1S/C10H16N4O2/c1-4-5-14-8(11-7-13(2)3)6-9(15)12-10(14)16/h6-7H,4-5H2,1-3H3,(H,12,15,16)/b11-7+. The summed E-state index contributed by atoms with van der Waals surface area (Å²) in [6.07, 6.45) is 2.36. The number of H-pyrrole nitrogens is 1. The SMILES string of the molecule is CCCn1c(/N=C/N(C)C)cc(=O)[nH]c1=O. The second-order valence-corrected chi connectivity index (χ2v) is 3.66. The van der Waals surface area contributed by atoms with Crippen molar-refractivity contribution in [2.24, 2.45) is 4.99 Å². The zero-order valence-corrected chi connectivity index (χ0v) is 9.73. The zero-order valence-electron chi connectivity index (χ0n) is 9.73. The summed E-state index contributed by atoms with van der Waals surface area (Å²) in [6, 6.07) is 1.32. The quantitative estimate of drug-likeness (QED) is 0.585. The van der Waals surface area contributed by atoms with Crippen molar-refractivity contribution in [1.82, 2.24) is 14.5 Å². The van der Waals surface area contributed by atoms with Gasteiger partial charge in [0, 0.05) is 26.7 Å². The molecule has 1 aromatic heterocycles. The van der Waals surface area contributed by atoms with Gasteiger partial charge in [-0.15, -0.1) is 0 Å². The number of aliphatic imine (C=N–C) groups is 1. The number of hydrogen-bond donors (Lipinski definition) is 1. The van der Waals surface area contributed by atoms with E-state index < -0.39 is 11.2 Å². The van der Waals surface area contributed by atoms with Crippen LogP contribution in [0.1, 0.15) is 13.3 Å². The summed E-state index contributed by atoms with van der Waals surface area (Å²) in [7, 11) is 3.64. The molecular formula is C10H16N4O2. The summed E-state index contributed by atoms with van der Waals surface area (Å²) in [6.45, 7) is 2.49. The van der Waals surface area contributed by atoms with Crippen molar-refractivity contribution in [2.75, 3.05) is 14.1 Å². The fourth-order valence-electron chi connectivity index (χ4n) is 1.23. The molecule has 1 aromatic rings. The molecular weight excluding hydrogens is 208 g/mol. The average molecular weight is 224 g/mol. The number of nitrogens with one attached hydrogen (secondary N) is 1. The molecule has 16 heavy (non-hydrogen) atoms. The number of aromatic nitrogens is 2. The maximum Gasteiger partial charge on any atom is 0.329 e. The van der Waals surface area contributed by atoms with E-state index in [2.05, 4.69) is 9.98 Å². The Bertz CT molecular complexity index is 484. The summed E-state index contributed by atoms with van der Waals surface area (Å²) < 4.78 is 1.45. The van der Waals surface area contributed by atoms with Crippen LogP contribution in [0.15, 0.2) is 20.6 Å². The largest absolute Gasteiger partial charge is 0.369 e. The number of rotatable bonds is 4. The first-order chi connectivity index (χ1) is 7.54. The monoisotopic (exact) mass is 224 g/mol. The van der Waals surface area contributed by atoms with Gasteiger partial charge >= 0.3 is 5.69 Å². The van der Waals surface area contributed by atoms with Crippen LogP contribution in [0.3, 0.4) is 0 Å². The molecule has 6 nitrogen and oxygen atoms in total. The molecule has 0 saturated heterocycles. The summed E-state index contributed by atoms with van der Waals surface area (Å²) >= 11 is 0. The lowest BCUT2D eigenvalue weighted by molar-refractivity contribution is 0.625. The highest BCUT2D eigenvalue weighted by molar-refractivity contribution is 5.58. The lowest BCUT2D eigenvalue weighted by atomic mass is 10.4. The molecule has 0 atom stereocenters. The van der Waals surface area contributed by atoms with Gasteiger partial charge in [0.25, 0.3) is 5.56 Å². The molecule has 0 unspecified atom stereocenters. The maximum atomic E-state index is 11.5. The molecule has 0 radical (unpaired) electrons. The Kier molecular flexibility index (Phi) is 4.04. The van der Waals surface area contributed by atoms with Crippen LogP contribution in [-0.4, -0.2) is 34.9 Å². The van der Waals surface area contributed by atoms with Crippen LogP contribution in [0.4, 0.5) is 5.82 Å². The smallest absolute Gasteiger partial charge is 0.329 e. The summed E-state index contributed by atoms with van der Waals surface area (Å²) in [5.74, 6) is 0.379. The number of hydrogen-bond acceptors (Lipinski definition) is 3. The second-order valence-electron chi connectivity index (χ2n) is 3.66. The van der Waals surface area contributed by atoms with Crippen LogP contribution in [-0.2, 0) is 6.54 Å². The van der Waals surface area contributed by atoms with E-state index in [1.165, 1.54) is 10.6 Å². The fourth-order valence-corrected chi connectivity index (χ4v) is 1.23. The zero-order chi connectivity index (χ0) is 12.1. The topological polar surface area (TPSA) is 70.5 Å². The van der Waals surface area contributed by atoms with Gasteiger partial charge in [0.1, 0.15) is 5.82 Å². The minimum absolute atomic E-state index is 0.379. The van der Waals surface area contributed by atoms with E-state index in [0.29, 0.717) is 12.4 Å². The molecule has 0 spiro atoms. The summed E-state index contributed by atoms with van der Waals surface area (Å²) in [5.41, 5.74) is -0.844. The van der Waals surface area contributed by atoms with E-state index in [1.54, 1.807) is 11.2 Å². The van der Waals surface area contributed by atoms with E-state index in [0.717, 1.165) is 6.42 Å². The molecule has 1 rings (SSSR count). The highest BCUT2D eigenvalue weighted by atomic mass is 16.2. The molecule has 0 fully saturated rings. The Morgan fingerprint density at radius 2 is 2.19 bits per heavy atom. The van der Waals surface area contributed by atoms with Crippen LogP contribution < -0.4 is 11.2 Å². The Morgan fingerprint density at radius 1 is 1.50 bits per heavy atom. The molecule has 0 aliphatic carbocycles. The summed E-state index contributed by atoms with van der Waals surface area (Å²) in [5, 5.41) is 0. The van der Waals surface area contributed by atoms with E-state index in [-0.39, 0.29) is 0 Å². The van der Waals surface area contributed by atoms with Gasteiger partial charge in [-0.2, -0.15) is 0 Å². The molecule has 1 heterocycles. The first-order valence-electron chi connectivity index (χ1n) is 5.09. The number of aromatic amines is 1. The molecule has 6 heteroatoms. The van der Waals surface area contributed by atoms with E-state index in [4.69, 9.17) is 0 Å². The van der Waals surface area contributed by atoms with Crippen molar-refractivity contribution in [1.29, 1.82) is 0 Å². The molecule has 0 aliphatic heterocycles. The van der Waals surface area contributed by atoms with Crippen LogP contribution in [0.2, 0.25) is 0 Å². The van der Waals surface area contributed by atoms with Gasteiger partial charge in [0.15, 0.2) is 0 Å². The third-order valence-corrected chi connectivity index (χ3v) is 1.88. The molecule has 0 bridgehead atoms. The second kappa shape index (κ2) is 5.29. The van der Waals surface area contributed by atoms with Gasteiger partial charge in [-0.25, -0.2) is 9.79 Å².